The minimum Gasteiger partial charge on any atom is -0.491 e. The Kier molecular flexibility index (Phi) is 13.7. The van der Waals surface area contributed by atoms with Crippen LogP contribution >= 0.6 is 0 Å². The topological polar surface area (TPSA) is 35.5 Å². The van der Waals surface area contributed by atoms with Crippen LogP contribution in [-0.4, -0.2) is 12.6 Å². The highest BCUT2D eigenvalue weighted by Gasteiger charge is 2.14. The number of ether oxygens (including phenoxy) is 2. The molecule has 0 aromatic heterocycles. The molecule has 0 N–H and O–H groups in total. The third-order valence-electron chi connectivity index (χ3n) is 7.16. The fraction of sp³-hybridized carbons (Fsp3) is 0.457. The van der Waals surface area contributed by atoms with Crippen LogP contribution in [0.25, 0.3) is 11.1 Å². The number of unbranched alkanes of at least 4 members (excludes halogenated alkanes) is 10. The number of hydrogen-bond donors (Lipinski definition) is 0. The van der Waals surface area contributed by atoms with E-state index in [0.717, 1.165) is 43.2 Å². The summed E-state index contributed by atoms with van der Waals surface area (Å²) in [4.78, 5) is 12.6. The average molecular weight is 551 g/mol. The first-order valence-electron chi connectivity index (χ1n) is 15.0. The molecule has 0 heterocycles. The SMILES string of the molecule is CCCCCCCCOc1ccc(-c2ccc(C(=O)Oc3ccc(CCCCCCCC)cc3F)cc2)cc1F. The molecular formula is C35H44F2O3. The summed E-state index contributed by atoms with van der Waals surface area (Å²) in [6, 6.07) is 16.3. The Bertz CT molecular complexity index is 1170. The second-order valence-electron chi connectivity index (χ2n) is 10.5. The zero-order chi connectivity index (χ0) is 28.6. The highest BCUT2D eigenvalue weighted by Crippen LogP contribution is 2.27. The molecule has 0 aliphatic carbocycles. The normalized spacial score (nSPS) is 11.0. The van der Waals surface area contributed by atoms with Crippen LogP contribution < -0.4 is 9.47 Å². The van der Waals surface area contributed by atoms with Gasteiger partial charge in [-0.25, -0.2) is 13.6 Å². The molecule has 0 aliphatic heterocycles. The van der Waals surface area contributed by atoms with E-state index in [0.29, 0.717) is 17.7 Å². The van der Waals surface area contributed by atoms with Crippen LogP contribution in [0.4, 0.5) is 8.78 Å². The standard InChI is InChI=1S/C35H44F2O3/c1-3-5-7-9-11-13-15-27-16-22-34(31(36)25-27)40-35(38)29-19-17-28(18-20-29)30-21-23-33(32(37)26-30)39-24-14-12-10-8-6-4-2/h16-23,25-26H,3-15,24H2,1-2H3. The van der Waals surface area contributed by atoms with Crippen LogP contribution in [0.15, 0.2) is 60.7 Å². The third kappa shape index (κ3) is 10.4. The number of halogens is 2. The highest BCUT2D eigenvalue weighted by atomic mass is 19.1. The molecule has 0 atom stereocenters. The van der Waals surface area contributed by atoms with Crippen LogP contribution in [0.5, 0.6) is 11.5 Å². The van der Waals surface area contributed by atoms with Gasteiger partial charge in [0.25, 0.3) is 0 Å². The zero-order valence-electron chi connectivity index (χ0n) is 24.2. The summed E-state index contributed by atoms with van der Waals surface area (Å²) in [5.41, 5.74) is 2.63. The molecule has 0 unspecified atom stereocenters. The Hall–Kier alpha value is -3.21. The summed E-state index contributed by atoms with van der Waals surface area (Å²) in [5, 5.41) is 0. The van der Waals surface area contributed by atoms with E-state index in [1.807, 2.05) is 6.07 Å². The molecule has 40 heavy (non-hydrogen) atoms. The number of aryl methyl sites for hydroxylation is 1. The molecule has 0 amide bonds. The van der Waals surface area contributed by atoms with Crippen molar-refractivity contribution in [2.75, 3.05) is 6.61 Å². The summed E-state index contributed by atoms with van der Waals surface area (Å²) >= 11 is 0. The fourth-order valence-corrected chi connectivity index (χ4v) is 4.71. The van der Waals surface area contributed by atoms with Crippen molar-refractivity contribution in [1.29, 1.82) is 0 Å². The molecule has 3 aromatic rings. The Labute approximate surface area is 238 Å². The molecule has 0 saturated heterocycles. The Morgan fingerprint density at radius 1 is 0.625 bits per heavy atom. The fourth-order valence-electron chi connectivity index (χ4n) is 4.71. The van der Waals surface area contributed by atoms with Gasteiger partial charge in [0.05, 0.1) is 12.2 Å². The largest absolute Gasteiger partial charge is 0.491 e. The van der Waals surface area contributed by atoms with Crippen LogP contribution in [0.1, 0.15) is 107 Å². The maximum absolute atomic E-state index is 14.6. The number of benzene rings is 3. The van der Waals surface area contributed by atoms with Crippen molar-refractivity contribution in [3.05, 3.63) is 83.4 Å². The van der Waals surface area contributed by atoms with Crippen molar-refractivity contribution >= 4 is 5.97 Å². The lowest BCUT2D eigenvalue weighted by atomic mass is 10.0. The van der Waals surface area contributed by atoms with Gasteiger partial charge in [-0.2, -0.15) is 0 Å². The number of carbonyl (C=O) groups is 1. The van der Waals surface area contributed by atoms with Gasteiger partial charge in [-0.3, -0.25) is 0 Å². The molecule has 216 valence electrons. The van der Waals surface area contributed by atoms with Crippen LogP contribution in [0.3, 0.4) is 0 Å². The maximum atomic E-state index is 14.6. The van der Waals surface area contributed by atoms with Crippen molar-refractivity contribution < 1.29 is 23.0 Å². The smallest absolute Gasteiger partial charge is 0.343 e. The van der Waals surface area contributed by atoms with Crippen molar-refractivity contribution in [3.63, 3.8) is 0 Å². The molecule has 0 bridgehead atoms. The molecular weight excluding hydrogens is 506 g/mol. The molecule has 3 nitrogen and oxygen atoms in total. The van der Waals surface area contributed by atoms with Gasteiger partial charge in [-0.05, 0) is 72.4 Å². The highest BCUT2D eigenvalue weighted by molar-refractivity contribution is 5.91. The quantitative estimate of drug-likeness (QED) is 0.0898. The van der Waals surface area contributed by atoms with E-state index in [-0.39, 0.29) is 11.5 Å². The van der Waals surface area contributed by atoms with Gasteiger partial charge in [-0.15, -0.1) is 0 Å². The molecule has 0 aliphatic rings. The van der Waals surface area contributed by atoms with E-state index in [9.17, 15) is 13.6 Å². The Balaban J connectivity index is 1.49. The number of hydrogen-bond acceptors (Lipinski definition) is 3. The summed E-state index contributed by atoms with van der Waals surface area (Å²) in [6.45, 7) is 4.89. The second-order valence-corrected chi connectivity index (χ2v) is 10.5. The van der Waals surface area contributed by atoms with Crippen LogP contribution in [0.2, 0.25) is 0 Å². The number of esters is 1. The minimum absolute atomic E-state index is 0.0839. The summed E-state index contributed by atoms with van der Waals surface area (Å²) in [7, 11) is 0. The maximum Gasteiger partial charge on any atom is 0.343 e. The first kappa shape index (κ1) is 31.3. The Morgan fingerprint density at radius 2 is 1.20 bits per heavy atom. The number of rotatable bonds is 18. The lowest BCUT2D eigenvalue weighted by Crippen LogP contribution is -2.09. The lowest BCUT2D eigenvalue weighted by Gasteiger charge is -2.10. The summed E-state index contributed by atoms with van der Waals surface area (Å²) in [6.07, 6.45) is 14.8. The predicted molar refractivity (Wildman–Crippen MR) is 159 cm³/mol. The first-order chi connectivity index (χ1) is 19.5. The first-order valence-corrected chi connectivity index (χ1v) is 15.0. The van der Waals surface area contributed by atoms with E-state index in [1.54, 1.807) is 36.4 Å². The van der Waals surface area contributed by atoms with E-state index < -0.39 is 17.6 Å². The molecule has 3 rings (SSSR count). The minimum atomic E-state index is -0.640. The van der Waals surface area contributed by atoms with Crippen LogP contribution in [0, 0.1) is 11.6 Å². The molecule has 5 heteroatoms. The Morgan fingerprint density at radius 3 is 1.85 bits per heavy atom. The summed E-state index contributed by atoms with van der Waals surface area (Å²) in [5.74, 6) is -1.43. The van der Waals surface area contributed by atoms with Crippen molar-refractivity contribution in [2.24, 2.45) is 0 Å². The van der Waals surface area contributed by atoms with E-state index in [2.05, 4.69) is 13.8 Å². The molecule has 3 aromatic carbocycles. The van der Waals surface area contributed by atoms with E-state index in [1.165, 1.54) is 69.6 Å². The van der Waals surface area contributed by atoms with Gasteiger partial charge in [0, 0.05) is 0 Å². The van der Waals surface area contributed by atoms with Gasteiger partial charge in [0.15, 0.2) is 23.1 Å². The van der Waals surface area contributed by atoms with Gasteiger partial charge in [0.1, 0.15) is 0 Å². The second kappa shape index (κ2) is 17.5. The van der Waals surface area contributed by atoms with Gasteiger partial charge >= 0.3 is 5.97 Å². The van der Waals surface area contributed by atoms with Crippen molar-refractivity contribution in [3.8, 4) is 22.6 Å². The van der Waals surface area contributed by atoms with Gasteiger partial charge < -0.3 is 9.47 Å². The molecule has 0 radical (unpaired) electrons. The average Bonchev–Trinajstić information content (AvgIpc) is 2.96. The van der Waals surface area contributed by atoms with Crippen LogP contribution in [-0.2, 0) is 6.42 Å². The van der Waals surface area contributed by atoms with Crippen molar-refractivity contribution in [1.82, 2.24) is 0 Å². The zero-order valence-corrected chi connectivity index (χ0v) is 24.2. The summed E-state index contributed by atoms with van der Waals surface area (Å²) < 4.78 is 40.2. The van der Waals surface area contributed by atoms with Gasteiger partial charge in [-0.1, -0.05) is 102 Å². The number of carbonyl (C=O) groups excluding carboxylic acids is 1. The predicted octanol–water partition coefficient (Wildman–Crippen LogP) is 10.5. The molecule has 0 spiro atoms. The van der Waals surface area contributed by atoms with E-state index in [4.69, 9.17) is 9.47 Å². The van der Waals surface area contributed by atoms with Gasteiger partial charge in [0.2, 0.25) is 0 Å². The third-order valence-corrected chi connectivity index (χ3v) is 7.16. The lowest BCUT2D eigenvalue weighted by molar-refractivity contribution is 0.0728. The molecule has 0 fully saturated rings. The van der Waals surface area contributed by atoms with Crippen molar-refractivity contribution in [2.45, 2.75) is 97.3 Å². The van der Waals surface area contributed by atoms with E-state index >= 15 is 0 Å². The molecule has 0 saturated carbocycles. The monoisotopic (exact) mass is 550 g/mol.